The van der Waals surface area contributed by atoms with E-state index in [0.29, 0.717) is 70.8 Å². The molecule has 2 heterocycles. The molecule has 0 radical (unpaired) electrons. The van der Waals surface area contributed by atoms with Crippen molar-refractivity contribution in [1.82, 2.24) is 16.0 Å². The number of phenols is 1. The van der Waals surface area contributed by atoms with Gasteiger partial charge in [-0.1, -0.05) is 60.7 Å². The SMILES string of the molecule is O=C(COCCOC/C=C/C1CC(/C=C/c2ccccc2)CC1C(=O)NCCOC1OC(COS(=O)(=O)O)C(O)C(OS(=O)(=O)O)C1O)NCCCCCNC(=S)Nc1ccc(-c2c3ccc(=O)cc-3oc3cc(O)ccc23)c(C(O)O)c1. The second-order valence-corrected chi connectivity index (χ2v) is 22.0. The average Bonchev–Trinajstić information content (AvgIpc) is 2.12. The molecule has 450 valence electrons. The highest BCUT2D eigenvalue weighted by molar-refractivity contribution is 7.81. The first-order valence-corrected chi connectivity index (χ1v) is 29.5. The zero-order chi connectivity index (χ0) is 59.7. The Kier molecular flexibility index (Phi) is 23.6. The molecule has 11 N–H and O–H groups in total. The Morgan fingerprint density at radius 1 is 0.795 bits per heavy atom. The number of aliphatic hydroxyl groups is 4. The number of fused-ring (bicyclic) bond motifs is 2. The second kappa shape index (κ2) is 30.5. The summed E-state index contributed by atoms with van der Waals surface area (Å²) in [4.78, 5) is 38.2. The van der Waals surface area contributed by atoms with Crippen LogP contribution in [0, 0.1) is 17.8 Å². The number of benzene rings is 4. The molecule has 0 aromatic heterocycles. The van der Waals surface area contributed by atoms with Crippen LogP contribution in [0.5, 0.6) is 5.75 Å². The second-order valence-electron chi connectivity index (χ2n) is 19.5. The van der Waals surface area contributed by atoms with Crippen molar-refractivity contribution in [3.63, 3.8) is 0 Å². The summed E-state index contributed by atoms with van der Waals surface area (Å²) in [7, 11) is -10.3. The summed E-state index contributed by atoms with van der Waals surface area (Å²) in [6, 6.07) is 23.6. The third kappa shape index (κ3) is 19.6. The summed E-state index contributed by atoms with van der Waals surface area (Å²) in [5.41, 5.74) is 3.30. The van der Waals surface area contributed by atoms with Gasteiger partial charge in [0.1, 0.15) is 48.1 Å². The topological polar surface area (TPSA) is 378 Å². The Morgan fingerprint density at radius 2 is 1.54 bits per heavy atom. The molecule has 28 heteroatoms. The van der Waals surface area contributed by atoms with Crippen molar-refractivity contribution < 1.29 is 92.8 Å². The van der Waals surface area contributed by atoms with E-state index < -0.39 is 70.3 Å². The van der Waals surface area contributed by atoms with E-state index in [-0.39, 0.29) is 85.7 Å². The van der Waals surface area contributed by atoms with Crippen LogP contribution in [0.1, 0.15) is 49.5 Å². The van der Waals surface area contributed by atoms with Crippen LogP contribution in [0.2, 0.25) is 0 Å². The highest BCUT2D eigenvalue weighted by atomic mass is 32.3. The van der Waals surface area contributed by atoms with E-state index in [4.69, 9.17) is 40.1 Å². The maximum Gasteiger partial charge on any atom is 0.397 e. The first kappa shape index (κ1) is 64.2. The molecule has 4 aliphatic rings. The molecule has 3 aromatic carbocycles. The lowest BCUT2D eigenvalue weighted by Crippen LogP contribution is -2.61. The van der Waals surface area contributed by atoms with Crippen molar-refractivity contribution >= 4 is 72.7 Å². The minimum atomic E-state index is -5.25. The van der Waals surface area contributed by atoms with Crippen LogP contribution in [0.3, 0.4) is 0 Å². The fourth-order valence-corrected chi connectivity index (χ4v) is 10.7. The number of hydrogen-bond donors (Lipinski definition) is 11. The number of anilines is 1. The molecule has 2 aliphatic carbocycles. The van der Waals surface area contributed by atoms with E-state index in [9.17, 15) is 61.3 Å². The smallest absolute Gasteiger partial charge is 0.397 e. The van der Waals surface area contributed by atoms with Gasteiger partial charge in [-0.3, -0.25) is 23.5 Å². The van der Waals surface area contributed by atoms with Crippen LogP contribution < -0.4 is 26.7 Å². The molecule has 2 aliphatic heterocycles. The van der Waals surface area contributed by atoms with Crippen molar-refractivity contribution in [2.45, 2.75) is 69.1 Å². The van der Waals surface area contributed by atoms with E-state index in [0.717, 1.165) is 18.4 Å². The highest BCUT2D eigenvalue weighted by Gasteiger charge is 2.48. The summed E-state index contributed by atoms with van der Waals surface area (Å²) in [5.74, 6) is -1.01. The van der Waals surface area contributed by atoms with Crippen LogP contribution in [0.25, 0.3) is 39.5 Å². The number of ether oxygens (including phenoxy) is 4. The van der Waals surface area contributed by atoms with E-state index in [1.165, 1.54) is 24.3 Å². The largest absolute Gasteiger partial charge is 0.508 e. The molecule has 0 bridgehead atoms. The first-order chi connectivity index (χ1) is 39.6. The number of unbranched alkanes of at least 4 members (excludes halogenated alkanes) is 2. The fraction of sp³-hybridized carbons (Fsp3) is 0.418. The fourth-order valence-electron chi connectivity index (χ4n) is 9.64. The number of aromatic hydroxyl groups is 1. The number of thiocarbonyl (C=S) groups is 1. The van der Waals surface area contributed by atoms with E-state index in [1.54, 1.807) is 36.4 Å². The van der Waals surface area contributed by atoms with Gasteiger partial charge in [0, 0.05) is 65.4 Å². The molecule has 83 heavy (non-hydrogen) atoms. The number of allylic oxidation sites excluding steroid dienone is 2. The third-order valence-corrected chi connectivity index (χ3v) is 14.6. The van der Waals surface area contributed by atoms with E-state index in [2.05, 4.69) is 35.7 Å². The zero-order valence-electron chi connectivity index (χ0n) is 44.6. The van der Waals surface area contributed by atoms with Crippen molar-refractivity contribution in [3.8, 4) is 28.2 Å². The molecular weight excluding hydrogens is 1150 g/mol. The lowest BCUT2D eigenvalue weighted by Gasteiger charge is -2.41. The minimum Gasteiger partial charge on any atom is -0.508 e. The Balaban J connectivity index is 0.781. The van der Waals surface area contributed by atoms with Crippen molar-refractivity contribution in [1.29, 1.82) is 0 Å². The number of carbonyl (C=O) groups is 2. The number of nitrogens with one attached hydrogen (secondary N) is 4. The first-order valence-electron chi connectivity index (χ1n) is 26.4. The third-order valence-electron chi connectivity index (χ3n) is 13.5. The molecule has 8 unspecified atom stereocenters. The number of phenolic OH excluding ortho intramolecular Hbond substituents is 1. The number of aliphatic hydroxyl groups excluding tert-OH is 3. The van der Waals surface area contributed by atoms with E-state index >= 15 is 0 Å². The molecule has 0 spiro atoms. The molecule has 3 aromatic rings. The van der Waals surface area contributed by atoms with Gasteiger partial charge in [-0.15, -0.1) is 0 Å². The van der Waals surface area contributed by atoms with Gasteiger partial charge in [0.05, 0.1) is 33.0 Å². The van der Waals surface area contributed by atoms with Gasteiger partial charge in [-0.05, 0) is 104 Å². The van der Waals surface area contributed by atoms with Crippen molar-refractivity contribution in [2.75, 3.05) is 64.6 Å². The summed E-state index contributed by atoms with van der Waals surface area (Å²) in [6.07, 6.45) is -0.467. The van der Waals surface area contributed by atoms with Gasteiger partial charge in [0.2, 0.25) is 11.8 Å². The molecule has 8 atom stereocenters. The Hall–Kier alpha value is -6.32. The van der Waals surface area contributed by atoms with Gasteiger partial charge >= 0.3 is 20.8 Å². The summed E-state index contributed by atoms with van der Waals surface area (Å²) in [5, 5.41) is 64.9. The standard InChI is InChI=1S/C55H66N4O21S3/c60-37-14-17-40-44(29-37)78-45-30-38(61)15-18-41(45)48(40)39-16-13-36(28-43(39)53(66)67)59-55(81)58-20-6-2-5-19-56-47(62)32-75-25-24-74-22-7-10-35-26-34(12-11-33-8-3-1-4-9-33)27-42(35)52(65)57-21-23-76-54-50(64)51(80-83(71,72)73)49(63)46(79-54)31-77-82(68,69)70/h1,3-4,7-18,28-30,34-35,42,46,49-51,53-54,60,63-64,66-67H,2,5-6,19-27,31-32H2,(H,56,62)(H,57,65)(H2,58,59,81)(H,68,69,70)(H,71,72,73)/b10-7+,12-11+. The van der Waals surface area contributed by atoms with Gasteiger partial charge in [0.15, 0.2) is 23.1 Å². The number of hydrogen-bond acceptors (Lipinski definition) is 20. The molecule has 25 nitrogen and oxygen atoms in total. The lowest BCUT2D eigenvalue weighted by atomic mass is 9.90. The molecule has 2 fully saturated rings. The number of amides is 2. The Morgan fingerprint density at radius 3 is 2.29 bits per heavy atom. The van der Waals surface area contributed by atoms with Gasteiger partial charge < -0.3 is 70.2 Å². The molecular formula is C55H66N4O21S3. The zero-order valence-corrected chi connectivity index (χ0v) is 47.0. The highest BCUT2D eigenvalue weighted by Crippen LogP contribution is 2.44. The van der Waals surface area contributed by atoms with Crippen LogP contribution in [-0.2, 0) is 57.7 Å². The average molecular weight is 1220 g/mol. The maximum absolute atomic E-state index is 13.6. The number of rotatable bonds is 29. The summed E-state index contributed by atoms with van der Waals surface area (Å²) < 4.78 is 99.8. The predicted molar refractivity (Wildman–Crippen MR) is 304 cm³/mol. The normalized spacial score (nSPS) is 21.3. The number of carbonyl (C=O) groups excluding carboxylic acids is 2. The maximum atomic E-state index is 13.6. The van der Waals surface area contributed by atoms with Gasteiger partial charge in [-0.2, -0.15) is 16.8 Å². The van der Waals surface area contributed by atoms with Crippen LogP contribution >= 0.6 is 12.2 Å². The quantitative estimate of drug-likeness (QED) is 0.00816. The van der Waals surface area contributed by atoms with Crippen LogP contribution in [0.15, 0.2) is 112 Å². The van der Waals surface area contributed by atoms with Crippen molar-refractivity contribution in [2.24, 2.45) is 17.8 Å². The Bertz CT molecular complexity index is 3310. The molecule has 1 saturated carbocycles. The lowest BCUT2D eigenvalue weighted by molar-refractivity contribution is -0.295. The van der Waals surface area contributed by atoms with Crippen molar-refractivity contribution in [3.05, 3.63) is 125 Å². The summed E-state index contributed by atoms with van der Waals surface area (Å²) in [6.45, 7) is -0.158. The molecule has 1 saturated heterocycles. The van der Waals surface area contributed by atoms with E-state index in [1.807, 2.05) is 42.5 Å². The molecule has 7 rings (SSSR count). The Labute approximate surface area is 483 Å². The van der Waals surface area contributed by atoms with Crippen LogP contribution in [-0.4, -0.2) is 158 Å². The predicted octanol–water partition coefficient (Wildman–Crippen LogP) is 3.36. The minimum absolute atomic E-state index is 0.0397. The van der Waals surface area contributed by atoms with Crippen LogP contribution in [0.4, 0.5) is 5.69 Å². The monoisotopic (exact) mass is 1210 g/mol. The molecule has 2 amide bonds. The van der Waals surface area contributed by atoms with Gasteiger partial charge in [0.25, 0.3) is 0 Å². The van der Waals surface area contributed by atoms with Gasteiger partial charge in [-0.25, -0.2) is 8.37 Å². The summed E-state index contributed by atoms with van der Waals surface area (Å²) >= 11 is 5.50.